The van der Waals surface area contributed by atoms with Gasteiger partial charge in [-0.3, -0.25) is 9.69 Å². The number of nitrogens with one attached hydrogen (secondary N) is 1. The first-order chi connectivity index (χ1) is 17.7. The van der Waals surface area contributed by atoms with Crippen LogP contribution in [0.4, 0.5) is 31.1 Å². The molecule has 0 aromatic heterocycles. The minimum Gasteiger partial charge on any atom is -0.484 e. The Morgan fingerprint density at radius 1 is 1.15 bits per heavy atom. The first-order valence-electron chi connectivity index (χ1n) is 11.6. The Labute approximate surface area is 219 Å². The molecule has 0 bridgehead atoms. The van der Waals surface area contributed by atoms with Gasteiger partial charge in [0.25, 0.3) is 0 Å². The van der Waals surface area contributed by atoms with Crippen molar-refractivity contribution in [2.24, 2.45) is 0 Å². The number of hydrogen-bond donors (Lipinski definition) is 1. The van der Waals surface area contributed by atoms with Gasteiger partial charge in [-0.2, -0.15) is 31.6 Å². The number of alkyl halides is 6. The number of sulfone groups is 1. The molecule has 2 atom stereocenters. The van der Waals surface area contributed by atoms with E-state index in [4.69, 9.17) is 4.74 Å². The van der Waals surface area contributed by atoms with Crippen molar-refractivity contribution in [1.29, 1.82) is 5.26 Å². The molecule has 2 fully saturated rings. The fourth-order valence-electron chi connectivity index (χ4n) is 3.92. The van der Waals surface area contributed by atoms with E-state index in [0.717, 1.165) is 4.90 Å². The molecule has 2 aliphatic rings. The molecule has 3 rings (SSSR count). The van der Waals surface area contributed by atoms with Crippen LogP contribution in [0.15, 0.2) is 23.1 Å². The normalized spacial score (nSPS) is 21.2. The largest absolute Gasteiger partial charge is 0.484 e. The number of amides is 2. The second kappa shape index (κ2) is 10.1. The summed E-state index contributed by atoms with van der Waals surface area (Å²) in [6, 6.07) is 1.71. The topological polar surface area (TPSA) is 126 Å². The number of nitriles is 1. The van der Waals surface area contributed by atoms with Crippen molar-refractivity contribution in [3.05, 3.63) is 23.8 Å². The molecular weight excluding hydrogens is 560 g/mol. The summed E-state index contributed by atoms with van der Waals surface area (Å²) < 4.78 is 115. The summed E-state index contributed by atoms with van der Waals surface area (Å²) in [5.41, 5.74) is -4.00. The van der Waals surface area contributed by atoms with Crippen molar-refractivity contribution in [3.8, 4) is 11.8 Å². The minimum absolute atomic E-state index is 0.146. The lowest BCUT2D eigenvalue weighted by Gasteiger charge is -2.28. The summed E-state index contributed by atoms with van der Waals surface area (Å²) >= 11 is 0. The summed E-state index contributed by atoms with van der Waals surface area (Å²) in [5, 5.41) is 10.0. The fraction of sp³-hybridized carbons (Fsp3) is 0.609. The fourth-order valence-corrected chi connectivity index (χ4v) is 5.81. The van der Waals surface area contributed by atoms with Gasteiger partial charge in [0.1, 0.15) is 22.9 Å². The monoisotopic (exact) mass is 585 g/mol. The highest BCUT2D eigenvalue weighted by Gasteiger charge is 2.52. The predicted molar refractivity (Wildman–Crippen MR) is 121 cm³/mol. The van der Waals surface area contributed by atoms with E-state index in [-0.39, 0.29) is 6.07 Å². The number of carbonyl (C=O) groups excluding carboxylic acids is 2. The summed E-state index contributed by atoms with van der Waals surface area (Å²) in [6.45, 7) is 1.93. The van der Waals surface area contributed by atoms with Crippen LogP contribution in [-0.2, 0) is 25.5 Å². The Hall–Kier alpha value is -3.22. The van der Waals surface area contributed by atoms with Gasteiger partial charge in [-0.1, -0.05) is 0 Å². The van der Waals surface area contributed by atoms with Crippen LogP contribution in [0.1, 0.15) is 45.6 Å². The Morgan fingerprint density at radius 2 is 1.77 bits per heavy atom. The van der Waals surface area contributed by atoms with Crippen molar-refractivity contribution in [2.45, 2.75) is 79.7 Å². The van der Waals surface area contributed by atoms with Crippen molar-refractivity contribution < 1.29 is 53.8 Å². The second-order valence-corrected chi connectivity index (χ2v) is 12.5. The molecule has 0 unspecified atom stereocenters. The van der Waals surface area contributed by atoms with Crippen LogP contribution >= 0.6 is 0 Å². The Kier molecular flexibility index (Phi) is 7.83. The lowest BCUT2D eigenvalue weighted by Crippen LogP contribution is -2.50. The molecule has 1 saturated heterocycles. The molecule has 216 valence electrons. The quantitative estimate of drug-likeness (QED) is 0.501. The number of nitrogens with zero attached hydrogens (tertiary/aromatic N) is 2. The number of likely N-dealkylation sites (tertiary alicyclic amines) is 1. The van der Waals surface area contributed by atoms with Crippen LogP contribution in [-0.4, -0.2) is 67.1 Å². The Bertz CT molecular complexity index is 1280. The lowest BCUT2D eigenvalue weighted by molar-refractivity contribution is -0.153. The van der Waals surface area contributed by atoms with Gasteiger partial charge < -0.3 is 14.8 Å². The number of benzene rings is 1. The molecule has 0 radical (unpaired) electrons. The van der Waals surface area contributed by atoms with Gasteiger partial charge >= 0.3 is 18.4 Å². The molecule has 16 heteroatoms. The van der Waals surface area contributed by atoms with Crippen LogP contribution in [0, 0.1) is 11.3 Å². The smallest absolute Gasteiger partial charge is 0.422 e. The van der Waals surface area contributed by atoms with Crippen LogP contribution in [0.25, 0.3) is 0 Å². The molecule has 1 aliphatic heterocycles. The molecule has 2 amide bonds. The second-order valence-electron chi connectivity index (χ2n) is 10.3. The third-order valence-corrected chi connectivity index (χ3v) is 8.11. The van der Waals surface area contributed by atoms with E-state index in [0.29, 0.717) is 25.0 Å². The van der Waals surface area contributed by atoms with Gasteiger partial charge in [0.15, 0.2) is 16.4 Å². The summed E-state index contributed by atoms with van der Waals surface area (Å²) in [6.07, 6.45) is -11.2. The van der Waals surface area contributed by atoms with Crippen LogP contribution < -0.4 is 10.1 Å². The van der Waals surface area contributed by atoms with Gasteiger partial charge in [-0.05, 0) is 58.2 Å². The maximum Gasteiger partial charge on any atom is 0.422 e. The number of ether oxygens (including phenoxy) is 2. The third kappa shape index (κ3) is 7.25. The molecule has 1 saturated carbocycles. The highest BCUT2D eigenvalue weighted by molar-refractivity contribution is 7.92. The molecule has 39 heavy (non-hydrogen) atoms. The van der Waals surface area contributed by atoms with E-state index >= 15 is 0 Å². The van der Waals surface area contributed by atoms with E-state index in [1.165, 1.54) is 20.8 Å². The SMILES string of the molecule is CC(C)(C)OC(=O)N1C[C@H](S(=O)(=O)c2ccc(OCC(F)(F)F)cc2C(F)(F)F)C[C@H]1C(=O)NC1(C#N)CC1. The van der Waals surface area contributed by atoms with Crippen LogP contribution in [0.5, 0.6) is 5.75 Å². The standard InChI is InChI=1S/C23H25F6N3O6S/c1-20(2,3)38-19(34)32-10-14(9-16(32)18(33)31-21(11-30)6-7-21)39(35,36)17-5-4-13(37-12-22(24,25)26)8-15(17)23(27,28)29/h4-5,8,14,16H,6-7,9-10,12H2,1-3H3,(H,31,33)/t14-,16+/m1/s1. The number of hydrogen-bond acceptors (Lipinski definition) is 7. The highest BCUT2D eigenvalue weighted by atomic mass is 32.2. The summed E-state index contributed by atoms with van der Waals surface area (Å²) in [7, 11) is -4.92. The van der Waals surface area contributed by atoms with Crippen molar-refractivity contribution in [3.63, 3.8) is 0 Å². The molecule has 0 spiro atoms. The molecule has 1 heterocycles. The van der Waals surface area contributed by atoms with Gasteiger partial charge in [-0.15, -0.1) is 0 Å². The molecule has 9 nitrogen and oxygen atoms in total. The van der Waals surface area contributed by atoms with Crippen molar-refractivity contribution in [1.82, 2.24) is 10.2 Å². The van der Waals surface area contributed by atoms with Gasteiger partial charge in [0.2, 0.25) is 5.91 Å². The zero-order valence-corrected chi connectivity index (χ0v) is 21.8. The zero-order chi connectivity index (χ0) is 29.6. The average molecular weight is 586 g/mol. The number of rotatable bonds is 6. The van der Waals surface area contributed by atoms with E-state index in [1.54, 1.807) is 0 Å². The highest BCUT2D eigenvalue weighted by Crippen LogP contribution is 2.40. The van der Waals surface area contributed by atoms with E-state index in [9.17, 15) is 49.6 Å². The zero-order valence-electron chi connectivity index (χ0n) is 20.9. The number of carbonyl (C=O) groups is 2. The summed E-state index contributed by atoms with van der Waals surface area (Å²) in [4.78, 5) is 25.3. The van der Waals surface area contributed by atoms with E-state index in [1.807, 2.05) is 6.07 Å². The molecule has 1 N–H and O–H groups in total. The van der Waals surface area contributed by atoms with Gasteiger partial charge in [0.05, 0.1) is 21.8 Å². The maximum atomic E-state index is 13.8. The first-order valence-corrected chi connectivity index (χ1v) is 13.1. The van der Waals surface area contributed by atoms with Crippen molar-refractivity contribution >= 4 is 21.8 Å². The molecule has 1 aromatic rings. The first kappa shape index (κ1) is 30.3. The van der Waals surface area contributed by atoms with Gasteiger partial charge in [0, 0.05) is 6.54 Å². The van der Waals surface area contributed by atoms with Crippen molar-refractivity contribution in [2.75, 3.05) is 13.2 Å². The lowest BCUT2D eigenvalue weighted by atomic mass is 10.1. The molecular formula is C23H25F6N3O6S. The number of halogens is 6. The summed E-state index contributed by atoms with van der Waals surface area (Å²) in [5.74, 6) is -1.73. The minimum atomic E-state index is -5.30. The molecule has 1 aromatic carbocycles. The maximum absolute atomic E-state index is 13.8. The van der Waals surface area contributed by atoms with Crippen LogP contribution in [0.3, 0.4) is 0 Å². The molecule has 1 aliphatic carbocycles. The van der Waals surface area contributed by atoms with E-state index < -0.39 is 92.4 Å². The Balaban J connectivity index is 1.97. The third-order valence-electron chi connectivity index (χ3n) is 5.92. The average Bonchev–Trinajstić information content (AvgIpc) is 3.39. The van der Waals surface area contributed by atoms with E-state index in [2.05, 4.69) is 10.1 Å². The predicted octanol–water partition coefficient (Wildman–Crippen LogP) is 3.97. The van der Waals surface area contributed by atoms with Crippen LogP contribution in [0.2, 0.25) is 0 Å². The Morgan fingerprint density at radius 3 is 2.26 bits per heavy atom. The van der Waals surface area contributed by atoms with Gasteiger partial charge in [-0.25, -0.2) is 13.2 Å².